The zero-order valence-corrected chi connectivity index (χ0v) is 16.6. The molecule has 0 aliphatic carbocycles. The summed E-state index contributed by atoms with van der Waals surface area (Å²) in [4.78, 5) is 30.6. The molecule has 4 N–H and O–H groups in total. The fourth-order valence-corrected chi connectivity index (χ4v) is 1.99. The molecule has 152 valence electrons. The lowest BCUT2D eigenvalue weighted by atomic mass is 10.2. The van der Waals surface area contributed by atoms with Gasteiger partial charge in [-0.05, 0) is 49.2 Å². The zero-order chi connectivity index (χ0) is 21.2. The SMILES string of the molecule is CC(=O)Nc1ccc(C=O)cc1.CCCCC(=O)O.NCCc1ccccc1. The van der Waals surface area contributed by atoms with Crippen LogP contribution in [0.1, 0.15) is 49.0 Å². The predicted octanol–water partition coefficient (Wildman–Crippen LogP) is 3.91. The fourth-order valence-electron chi connectivity index (χ4n) is 1.99. The first-order chi connectivity index (χ1) is 13.4. The van der Waals surface area contributed by atoms with E-state index in [0.717, 1.165) is 32.1 Å². The van der Waals surface area contributed by atoms with E-state index < -0.39 is 5.97 Å². The Balaban J connectivity index is 0.000000408. The minimum Gasteiger partial charge on any atom is -0.481 e. The highest BCUT2D eigenvalue weighted by atomic mass is 16.4. The number of aliphatic carboxylic acids is 1. The van der Waals surface area contributed by atoms with Gasteiger partial charge in [-0.1, -0.05) is 43.7 Å². The summed E-state index contributed by atoms with van der Waals surface area (Å²) in [5.41, 5.74) is 7.98. The number of nitrogens with two attached hydrogens (primary N) is 1. The monoisotopic (exact) mass is 386 g/mol. The highest BCUT2D eigenvalue weighted by molar-refractivity contribution is 5.89. The lowest BCUT2D eigenvalue weighted by Gasteiger charge is -2.00. The van der Waals surface area contributed by atoms with Crippen LogP contribution in [0.4, 0.5) is 5.69 Å². The number of carboxylic acid groups (broad SMARTS) is 1. The average molecular weight is 386 g/mol. The number of nitrogens with one attached hydrogen (secondary N) is 1. The number of hydrogen-bond acceptors (Lipinski definition) is 4. The number of unbranched alkanes of at least 4 members (excludes halogenated alkanes) is 1. The van der Waals surface area contributed by atoms with Crippen LogP contribution in [0.2, 0.25) is 0 Å². The maximum atomic E-state index is 10.6. The first-order valence-corrected chi connectivity index (χ1v) is 9.21. The van der Waals surface area contributed by atoms with E-state index >= 15 is 0 Å². The number of rotatable bonds is 7. The van der Waals surface area contributed by atoms with Crippen LogP contribution >= 0.6 is 0 Å². The first kappa shape index (κ1) is 25.0. The molecular formula is C22H30N2O4. The maximum Gasteiger partial charge on any atom is 0.303 e. The van der Waals surface area contributed by atoms with Crippen LogP contribution in [0.25, 0.3) is 0 Å². The van der Waals surface area contributed by atoms with Gasteiger partial charge in [-0.2, -0.15) is 0 Å². The lowest BCUT2D eigenvalue weighted by molar-refractivity contribution is -0.137. The minimum absolute atomic E-state index is 0.117. The summed E-state index contributed by atoms with van der Waals surface area (Å²) in [5.74, 6) is -0.810. The van der Waals surface area contributed by atoms with Gasteiger partial charge in [-0.15, -0.1) is 0 Å². The molecule has 0 radical (unpaired) electrons. The largest absolute Gasteiger partial charge is 0.481 e. The van der Waals surface area contributed by atoms with E-state index in [4.69, 9.17) is 10.8 Å². The Bertz CT molecular complexity index is 685. The number of carbonyl (C=O) groups excluding carboxylic acids is 2. The second-order valence-corrected chi connectivity index (χ2v) is 5.94. The van der Waals surface area contributed by atoms with E-state index in [-0.39, 0.29) is 5.91 Å². The van der Waals surface area contributed by atoms with Gasteiger partial charge in [0.1, 0.15) is 6.29 Å². The van der Waals surface area contributed by atoms with Crippen LogP contribution < -0.4 is 11.1 Å². The maximum absolute atomic E-state index is 10.6. The third-order valence-corrected chi connectivity index (χ3v) is 3.39. The number of aldehydes is 1. The molecule has 28 heavy (non-hydrogen) atoms. The molecule has 1 amide bonds. The summed E-state index contributed by atoms with van der Waals surface area (Å²) in [6.07, 6.45) is 3.83. The summed E-state index contributed by atoms with van der Waals surface area (Å²) >= 11 is 0. The molecule has 0 bridgehead atoms. The van der Waals surface area contributed by atoms with E-state index in [0.29, 0.717) is 17.7 Å². The Morgan fingerprint density at radius 1 is 1.07 bits per heavy atom. The van der Waals surface area contributed by atoms with Gasteiger partial charge in [0.05, 0.1) is 0 Å². The van der Waals surface area contributed by atoms with Gasteiger partial charge in [0.25, 0.3) is 0 Å². The summed E-state index contributed by atoms with van der Waals surface area (Å²) in [6.45, 7) is 4.15. The third-order valence-electron chi connectivity index (χ3n) is 3.39. The van der Waals surface area contributed by atoms with Crippen LogP contribution in [0, 0.1) is 0 Å². The van der Waals surface area contributed by atoms with Crippen molar-refractivity contribution in [3.05, 3.63) is 65.7 Å². The highest BCUT2D eigenvalue weighted by Gasteiger charge is 1.94. The minimum atomic E-state index is -0.693. The zero-order valence-electron chi connectivity index (χ0n) is 16.6. The van der Waals surface area contributed by atoms with Crippen molar-refractivity contribution in [1.82, 2.24) is 0 Å². The Labute approximate surface area is 166 Å². The summed E-state index contributed by atoms with van der Waals surface area (Å²) in [7, 11) is 0. The smallest absolute Gasteiger partial charge is 0.303 e. The molecule has 6 nitrogen and oxygen atoms in total. The molecule has 0 fully saturated rings. The van der Waals surface area contributed by atoms with Crippen molar-refractivity contribution in [1.29, 1.82) is 0 Å². The van der Waals surface area contributed by atoms with Gasteiger partial charge in [0.15, 0.2) is 0 Å². The van der Waals surface area contributed by atoms with E-state index in [1.165, 1.54) is 12.5 Å². The molecule has 0 heterocycles. The molecule has 0 unspecified atom stereocenters. The van der Waals surface area contributed by atoms with Gasteiger partial charge in [0.2, 0.25) is 5.91 Å². The van der Waals surface area contributed by atoms with Crippen molar-refractivity contribution in [3.8, 4) is 0 Å². The molecule has 0 aliphatic rings. The number of hydrogen-bond donors (Lipinski definition) is 3. The molecule has 0 spiro atoms. The number of benzene rings is 2. The number of carbonyl (C=O) groups is 3. The van der Waals surface area contributed by atoms with Crippen molar-refractivity contribution in [2.24, 2.45) is 5.73 Å². The van der Waals surface area contributed by atoms with Gasteiger partial charge < -0.3 is 16.2 Å². The summed E-state index contributed by atoms with van der Waals surface area (Å²) in [5, 5.41) is 10.6. The molecule has 0 aromatic heterocycles. The second kappa shape index (κ2) is 16.2. The van der Waals surface area contributed by atoms with E-state index in [1.54, 1.807) is 24.3 Å². The highest BCUT2D eigenvalue weighted by Crippen LogP contribution is 2.07. The van der Waals surface area contributed by atoms with Crippen LogP contribution in [0.15, 0.2) is 54.6 Å². The van der Waals surface area contributed by atoms with Gasteiger partial charge >= 0.3 is 5.97 Å². The molecule has 2 aromatic rings. The quantitative estimate of drug-likeness (QED) is 0.625. The Morgan fingerprint density at radius 2 is 1.68 bits per heavy atom. The number of carboxylic acids is 1. The van der Waals surface area contributed by atoms with Crippen molar-refractivity contribution < 1.29 is 19.5 Å². The Morgan fingerprint density at radius 3 is 2.07 bits per heavy atom. The molecular weight excluding hydrogens is 356 g/mol. The first-order valence-electron chi connectivity index (χ1n) is 9.21. The van der Waals surface area contributed by atoms with E-state index in [9.17, 15) is 14.4 Å². The van der Waals surface area contributed by atoms with Crippen molar-refractivity contribution in [2.75, 3.05) is 11.9 Å². The van der Waals surface area contributed by atoms with Gasteiger partial charge in [-0.3, -0.25) is 14.4 Å². The second-order valence-electron chi connectivity index (χ2n) is 5.94. The fraction of sp³-hybridized carbons (Fsp3) is 0.318. The van der Waals surface area contributed by atoms with Crippen molar-refractivity contribution in [3.63, 3.8) is 0 Å². The average Bonchev–Trinajstić information content (AvgIpc) is 2.68. The number of anilines is 1. The number of amides is 1. The van der Waals surface area contributed by atoms with Crippen LogP contribution in [-0.4, -0.2) is 29.8 Å². The molecule has 2 aromatic carbocycles. The Kier molecular flexibility index (Phi) is 14.5. The van der Waals surface area contributed by atoms with Gasteiger partial charge in [-0.25, -0.2) is 0 Å². The van der Waals surface area contributed by atoms with Crippen LogP contribution in [0.3, 0.4) is 0 Å². The Hall–Kier alpha value is -2.99. The summed E-state index contributed by atoms with van der Waals surface area (Å²) < 4.78 is 0. The normalized spacial score (nSPS) is 9.11. The predicted molar refractivity (Wildman–Crippen MR) is 112 cm³/mol. The molecule has 2 rings (SSSR count). The lowest BCUT2D eigenvalue weighted by Crippen LogP contribution is -2.05. The molecule has 0 saturated heterocycles. The van der Waals surface area contributed by atoms with Crippen molar-refractivity contribution >= 4 is 23.9 Å². The molecule has 0 aliphatic heterocycles. The topological polar surface area (TPSA) is 109 Å². The van der Waals surface area contributed by atoms with Gasteiger partial charge in [0, 0.05) is 24.6 Å². The molecule has 0 atom stereocenters. The molecule has 0 saturated carbocycles. The van der Waals surface area contributed by atoms with Crippen LogP contribution in [0.5, 0.6) is 0 Å². The van der Waals surface area contributed by atoms with Crippen molar-refractivity contribution in [2.45, 2.75) is 39.5 Å². The molecule has 6 heteroatoms. The van der Waals surface area contributed by atoms with E-state index in [2.05, 4.69) is 17.4 Å². The van der Waals surface area contributed by atoms with Crippen LogP contribution in [-0.2, 0) is 16.0 Å². The standard InChI is InChI=1S/C9H9NO2.C8H11N.C5H10O2/c1-7(12)10-9-4-2-8(6-11)3-5-9;9-7-6-8-4-2-1-3-5-8;1-2-3-4-5(6)7/h2-6H,1H3,(H,10,12);1-5H,6-7,9H2;2-4H2,1H3,(H,6,7). The van der Waals surface area contributed by atoms with E-state index in [1.807, 2.05) is 25.1 Å². The third kappa shape index (κ3) is 14.2. The summed E-state index contributed by atoms with van der Waals surface area (Å²) in [6, 6.07) is 16.9.